The zero-order valence-electron chi connectivity index (χ0n) is 25.1. The first kappa shape index (κ1) is 30.3. The molecule has 3 aromatic rings. The van der Waals surface area contributed by atoms with Crippen LogP contribution in [0.1, 0.15) is 56.7 Å². The average Bonchev–Trinajstić information content (AvgIpc) is 3.29. The predicted octanol–water partition coefficient (Wildman–Crippen LogP) is 5.14. The molecule has 0 saturated heterocycles. The molecule has 0 spiro atoms. The van der Waals surface area contributed by atoms with E-state index in [-0.39, 0.29) is 40.7 Å². The zero-order chi connectivity index (χ0) is 29.9. The molecule has 1 aromatic heterocycles. The summed E-state index contributed by atoms with van der Waals surface area (Å²) in [5.41, 5.74) is 2.93. The lowest BCUT2D eigenvalue weighted by Crippen LogP contribution is -2.43. The fourth-order valence-corrected chi connectivity index (χ4v) is 6.00. The smallest absolute Gasteiger partial charge is 0.240 e. The van der Waals surface area contributed by atoms with Crippen LogP contribution in [0.3, 0.4) is 0 Å². The van der Waals surface area contributed by atoms with Crippen LogP contribution in [-0.2, 0) is 15.0 Å². The first-order valence-corrected chi connectivity index (χ1v) is 14.7. The van der Waals surface area contributed by atoms with Gasteiger partial charge in [0.1, 0.15) is 29.6 Å². The molecular formula is C31H40N4O5S. The van der Waals surface area contributed by atoms with Crippen molar-refractivity contribution >= 4 is 29.4 Å². The van der Waals surface area contributed by atoms with Crippen LogP contribution in [0.4, 0.5) is 5.82 Å². The number of anilines is 1. The summed E-state index contributed by atoms with van der Waals surface area (Å²) in [5, 5.41) is 7.79. The number of amides is 2. The molecule has 0 radical (unpaired) electrons. The van der Waals surface area contributed by atoms with Gasteiger partial charge in [-0.2, -0.15) is 5.10 Å². The fourth-order valence-electron chi connectivity index (χ4n) is 4.78. The van der Waals surface area contributed by atoms with Gasteiger partial charge in [0.25, 0.3) is 0 Å². The molecular weight excluding hydrogens is 540 g/mol. The van der Waals surface area contributed by atoms with Crippen molar-refractivity contribution in [1.82, 2.24) is 15.1 Å². The Morgan fingerprint density at radius 1 is 1.05 bits per heavy atom. The number of ether oxygens (including phenoxy) is 3. The maximum absolute atomic E-state index is 13.9. The van der Waals surface area contributed by atoms with Crippen LogP contribution in [0.25, 0.3) is 5.69 Å². The molecule has 220 valence electrons. The minimum Gasteiger partial charge on any atom is -0.497 e. The van der Waals surface area contributed by atoms with Crippen LogP contribution in [0, 0.1) is 5.92 Å². The van der Waals surface area contributed by atoms with Gasteiger partial charge in [0.05, 0.1) is 43.7 Å². The quantitative estimate of drug-likeness (QED) is 0.375. The highest BCUT2D eigenvalue weighted by Gasteiger charge is 2.40. The summed E-state index contributed by atoms with van der Waals surface area (Å²) >= 11 is 1.50. The van der Waals surface area contributed by atoms with E-state index in [2.05, 4.69) is 26.1 Å². The summed E-state index contributed by atoms with van der Waals surface area (Å²) in [6, 6.07) is 13.2. The van der Waals surface area contributed by atoms with Crippen LogP contribution in [0.15, 0.2) is 42.5 Å². The van der Waals surface area contributed by atoms with Gasteiger partial charge in [0, 0.05) is 23.1 Å². The number of nitrogens with one attached hydrogen (secondary N) is 1. The molecule has 1 N–H and O–H groups in total. The second-order valence-electron chi connectivity index (χ2n) is 11.4. The Kier molecular flexibility index (Phi) is 9.21. The second kappa shape index (κ2) is 12.5. The van der Waals surface area contributed by atoms with Gasteiger partial charge in [-0.1, -0.05) is 34.6 Å². The van der Waals surface area contributed by atoms with Crippen molar-refractivity contribution in [2.75, 3.05) is 45.1 Å². The van der Waals surface area contributed by atoms with E-state index in [4.69, 9.17) is 19.3 Å². The summed E-state index contributed by atoms with van der Waals surface area (Å²) in [7, 11) is 4.88. The molecule has 0 fully saturated rings. The first-order valence-electron chi connectivity index (χ1n) is 13.7. The SMILES string of the molecule is COc1ccc(-n2nc(C(C)(C)C)c3c2N(CC(=O)NCC(C)C)C(=O)CS[C@H]3c2cc(OC)ccc2OC)cc1. The van der Waals surface area contributed by atoms with Gasteiger partial charge in [0.2, 0.25) is 11.8 Å². The minimum atomic E-state index is -0.383. The van der Waals surface area contributed by atoms with Crippen molar-refractivity contribution < 1.29 is 23.8 Å². The Balaban J connectivity index is 2.01. The average molecular weight is 581 g/mol. The lowest BCUT2D eigenvalue weighted by atomic mass is 9.87. The highest BCUT2D eigenvalue weighted by Crippen LogP contribution is 2.51. The van der Waals surface area contributed by atoms with Crippen LogP contribution < -0.4 is 24.4 Å². The van der Waals surface area contributed by atoms with Crippen LogP contribution in [0.2, 0.25) is 0 Å². The summed E-state index contributed by atoms with van der Waals surface area (Å²) in [6.07, 6.45) is 0. The summed E-state index contributed by atoms with van der Waals surface area (Å²) in [6.45, 7) is 10.8. The highest BCUT2D eigenvalue weighted by atomic mass is 32.2. The van der Waals surface area contributed by atoms with Crippen LogP contribution in [-0.4, -0.2) is 61.8 Å². The van der Waals surface area contributed by atoms with Crippen LogP contribution >= 0.6 is 11.8 Å². The maximum Gasteiger partial charge on any atom is 0.240 e. The molecule has 0 aliphatic carbocycles. The molecule has 0 unspecified atom stereocenters. The number of hydrogen-bond acceptors (Lipinski definition) is 7. The normalized spacial score (nSPS) is 15.4. The molecule has 10 heteroatoms. The van der Waals surface area contributed by atoms with Gasteiger partial charge in [-0.05, 0) is 48.4 Å². The molecule has 2 aromatic carbocycles. The van der Waals surface area contributed by atoms with E-state index in [1.807, 2.05) is 56.3 Å². The van der Waals surface area contributed by atoms with Crippen molar-refractivity contribution in [3.63, 3.8) is 0 Å². The van der Waals surface area contributed by atoms with Gasteiger partial charge in [-0.15, -0.1) is 11.8 Å². The van der Waals surface area contributed by atoms with Gasteiger partial charge < -0.3 is 19.5 Å². The minimum absolute atomic E-state index is 0.119. The van der Waals surface area contributed by atoms with Gasteiger partial charge in [-0.3, -0.25) is 14.5 Å². The largest absolute Gasteiger partial charge is 0.497 e. The summed E-state index contributed by atoms with van der Waals surface area (Å²) in [4.78, 5) is 28.6. The van der Waals surface area contributed by atoms with E-state index in [0.29, 0.717) is 29.6 Å². The number of carbonyl (C=O) groups excluding carboxylic acids is 2. The zero-order valence-corrected chi connectivity index (χ0v) is 25.9. The highest BCUT2D eigenvalue weighted by molar-refractivity contribution is 8.00. The van der Waals surface area contributed by atoms with Gasteiger partial charge in [0.15, 0.2) is 0 Å². The molecule has 9 nitrogen and oxygen atoms in total. The van der Waals surface area contributed by atoms with E-state index in [9.17, 15) is 9.59 Å². The van der Waals surface area contributed by atoms with Crippen molar-refractivity contribution in [2.24, 2.45) is 5.92 Å². The molecule has 1 atom stereocenters. The third-order valence-electron chi connectivity index (χ3n) is 6.84. The summed E-state index contributed by atoms with van der Waals surface area (Å²) < 4.78 is 18.5. The van der Waals surface area contributed by atoms with Crippen molar-refractivity contribution in [3.8, 4) is 22.9 Å². The second-order valence-corrected chi connectivity index (χ2v) is 12.5. The lowest BCUT2D eigenvalue weighted by Gasteiger charge is -2.25. The number of benzene rings is 2. The lowest BCUT2D eigenvalue weighted by molar-refractivity contribution is -0.123. The predicted molar refractivity (Wildman–Crippen MR) is 163 cm³/mol. The molecule has 1 aliphatic rings. The Bertz CT molecular complexity index is 1390. The third-order valence-corrected chi connectivity index (χ3v) is 8.08. The number of thioether (sulfide) groups is 1. The molecule has 4 rings (SSSR count). The molecule has 2 heterocycles. The molecule has 0 saturated carbocycles. The van der Waals surface area contributed by atoms with Crippen molar-refractivity contribution in [2.45, 2.75) is 45.3 Å². The van der Waals surface area contributed by atoms with E-state index < -0.39 is 0 Å². The first-order chi connectivity index (χ1) is 19.5. The Labute approximate surface area is 246 Å². The standard InChI is InChI=1S/C31H40N4O5S/c1-19(2)16-32-25(36)17-34-26(37)18-41-28(23-15-22(39-7)13-14-24(23)40-8)27-29(31(3,4)5)33-35(30(27)34)20-9-11-21(38-6)12-10-20/h9-15,19,28H,16-18H2,1-8H3,(H,32,36)/t28-/m0/s1. The Morgan fingerprint density at radius 3 is 2.29 bits per heavy atom. The Morgan fingerprint density at radius 2 is 1.71 bits per heavy atom. The number of hydrogen-bond donors (Lipinski definition) is 1. The number of aromatic nitrogens is 2. The molecule has 1 aliphatic heterocycles. The summed E-state index contributed by atoms with van der Waals surface area (Å²) in [5.74, 6) is 2.71. The van der Waals surface area contributed by atoms with Crippen LogP contribution in [0.5, 0.6) is 17.2 Å². The topological polar surface area (TPSA) is 94.9 Å². The maximum atomic E-state index is 13.9. The number of fused-ring (bicyclic) bond motifs is 1. The van der Waals surface area contributed by atoms with Gasteiger partial charge >= 0.3 is 0 Å². The number of carbonyl (C=O) groups is 2. The molecule has 41 heavy (non-hydrogen) atoms. The van der Waals surface area contributed by atoms with E-state index >= 15 is 0 Å². The third kappa shape index (κ3) is 6.48. The van der Waals surface area contributed by atoms with E-state index in [1.54, 1.807) is 30.9 Å². The Hall–Kier alpha value is -3.66. The number of methoxy groups -OCH3 is 3. The monoisotopic (exact) mass is 580 g/mol. The van der Waals surface area contributed by atoms with E-state index in [0.717, 1.165) is 22.5 Å². The number of nitrogens with zero attached hydrogens (tertiary/aromatic N) is 3. The van der Waals surface area contributed by atoms with Crippen molar-refractivity contribution in [1.29, 1.82) is 0 Å². The van der Waals surface area contributed by atoms with E-state index in [1.165, 1.54) is 11.8 Å². The fraction of sp³-hybridized carbons (Fsp3) is 0.452. The van der Waals surface area contributed by atoms with Crippen molar-refractivity contribution in [3.05, 3.63) is 59.3 Å². The molecule has 2 amide bonds. The molecule has 0 bridgehead atoms. The number of rotatable bonds is 9. The van der Waals surface area contributed by atoms with Gasteiger partial charge in [-0.25, -0.2) is 4.68 Å².